The number of anilines is 1. The Labute approximate surface area is 143 Å². The van der Waals surface area contributed by atoms with E-state index >= 15 is 0 Å². The standard InChI is InChI=1S/C16H15N7S/c17-15(24)23(16-19-13-7-3-4-8-14(13)20-16)10-9-11-5-1-2-6-12(11)21-22-18/h1-8H,9-10H2,(H2,17,24)(H,19,20). The van der Waals surface area contributed by atoms with Gasteiger partial charge in [0.15, 0.2) is 5.11 Å². The summed E-state index contributed by atoms with van der Waals surface area (Å²) >= 11 is 5.16. The summed E-state index contributed by atoms with van der Waals surface area (Å²) in [6, 6.07) is 15.2. The lowest BCUT2D eigenvalue weighted by molar-refractivity contribution is 0.909. The molecule has 0 aliphatic heterocycles. The number of azide groups is 1. The highest BCUT2D eigenvalue weighted by atomic mass is 32.1. The summed E-state index contributed by atoms with van der Waals surface area (Å²) < 4.78 is 0. The van der Waals surface area contributed by atoms with Crippen molar-refractivity contribution in [2.45, 2.75) is 6.42 Å². The predicted octanol–water partition coefficient (Wildman–Crippen LogP) is 3.80. The molecule has 0 radical (unpaired) electrons. The van der Waals surface area contributed by atoms with E-state index in [0.29, 0.717) is 24.6 Å². The maximum atomic E-state index is 8.66. The smallest absolute Gasteiger partial charge is 0.210 e. The molecule has 0 aliphatic carbocycles. The lowest BCUT2D eigenvalue weighted by Gasteiger charge is -2.20. The highest BCUT2D eigenvalue weighted by Crippen LogP contribution is 2.21. The van der Waals surface area contributed by atoms with Gasteiger partial charge in [-0.1, -0.05) is 41.5 Å². The van der Waals surface area contributed by atoms with Crippen molar-refractivity contribution in [3.8, 4) is 0 Å². The van der Waals surface area contributed by atoms with E-state index in [1.54, 1.807) is 11.0 Å². The lowest BCUT2D eigenvalue weighted by Crippen LogP contribution is -2.37. The van der Waals surface area contributed by atoms with Crippen LogP contribution >= 0.6 is 12.2 Å². The second-order valence-electron chi connectivity index (χ2n) is 5.14. The van der Waals surface area contributed by atoms with Crippen LogP contribution in [0, 0.1) is 0 Å². The maximum absolute atomic E-state index is 8.66. The van der Waals surface area contributed by atoms with Gasteiger partial charge in [-0.2, -0.15) is 0 Å². The normalized spacial score (nSPS) is 10.3. The van der Waals surface area contributed by atoms with Gasteiger partial charge in [0.05, 0.1) is 11.0 Å². The van der Waals surface area contributed by atoms with E-state index in [1.807, 2.05) is 42.5 Å². The first-order valence-electron chi connectivity index (χ1n) is 7.34. The van der Waals surface area contributed by atoms with E-state index in [2.05, 4.69) is 20.0 Å². The van der Waals surface area contributed by atoms with Gasteiger partial charge in [0, 0.05) is 17.1 Å². The van der Waals surface area contributed by atoms with Crippen LogP contribution in [-0.2, 0) is 6.42 Å². The number of hydrogen-bond acceptors (Lipinski definition) is 3. The van der Waals surface area contributed by atoms with Crippen LogP contribution in [0.4, 0.5) is 11.6 Å². The molecule has 8 heteroatoms. The molecule has 0 aliphatic rings. The van der Waals surface area contributed by atoms with Crippen LogP contribution in [0.25, 0.3) is 21.5 Å². The number of rotatable bonds is 5. The van der Waals surface area contributed by atoms with Crippen LogP contribution < -0.4 is 10.6 Å². The molecule has 3 aromatic rings. The van der Waals surface area contributed by atoms with Crippen LogP contribution in [0.5, 0.6) is 0 Å². The molecule has 1 heterocycles. The molecule has 0 saturated carbocycles. The number of nitrogens with two attached hydrogens (primary N) is 1. The number of benzene rings is 2. The van der Waals surface area contributed by atoms with Crippen molar-refractivity contribution in [1.29, 1.82) is 0 Å². The van der Waals surface area contributed by atoms with E-state index in [0.717, 1.165) is 16.6 Å². The molecule has 7 nitrogen and oxygen atoms in total. The number of H-pyrrole nitrogens is 1. The fourth-order valence-electron chi connectivity index (χ4n) is 2.49. The molecule has 24 heavy (non-hydrogen) atoms. The summed E-state index contributed by atoms with van der Waals surface area (Å²) in [5.74, 6) is 0.602. The SMILES string of the molecule is [N-]=[N+]=Nc1ccccc1CCN(C(N)=S)c1nc2ccccc2[nH]1. The topological polar surface area (TPSA) is 107 Å². The number of nitrogens with zero attached hydrogens (tertiary/aromatic N) is 5. The predicted molar refractivity (Wildman–Crippen MR) is 99.2 cm³/mol. The zero-order valence-corrected chi connectivity index (χ0v) is 13.6. The molecule has 0 spiro atoms. The molecule has 2 aromatic carbocycles. The van der Waals surface area contributed by atoms with Gasteiger partial charge >= 0.3 is 0 Å². The minimum Gasteiger partial charge on any atom is -0.376 e. The van der Waals surface area contributed by atoms with Gasteiger partial charge in [0.1, 0.15) is 0 Å². The fourth-order valence-corrected chi connectivity index (χ4v) is 2.67. The molecule has 3 rings (SSSR count). The van der Waals surface area contributed by atoms with Crippen molar-refractivity contribution in [3.05, 3.63) is 64.5 Å². The third-order valence-electron chi connectivity index (χ3n) is 3.65. The molecule has 0 atom stereocenters. The Balaban J connectivity index is 1.85. The number of fused-ring (bicyclic) bond motifs is 1. The number of aromatic amines is 1. The van der Waals surface area contributed by atoms with Gasteiger partial charge in [-0.15, -0.1) is 0 Å². The van der Waals surface area contributed by atoms with E-state index < -0.39 is 0 Å². The second kappa shape index (κ2) is 6.99. The van der Waals surface area contributed by atoms with Gasteiger partial charge in [0.2, 0.25) is 5.95 Å². The van der Waals surface area contributed by atoms with Gasteiger partial charge in [-0.05, 0) is 41.9 Å². The number of hydrogen-bond donors (Lipinski definition) is 2. The monoisotopic (exact) mass is 337 g/mol. The maximum Gasteiger partial charge on any atom is 0.210 e. The van der Waals surface area contributed by atoms with E-state index in [4.69, 9.17) is 23.5 Å². The largest absolute Gasteiger partial charge is 0.376 e. The molecule has 120 valence electrons. The fraction of sp³-hybridized carbons (Fsp3) is 0.125. The van der Waals surface area contributed by atoms with Gasteiger partial charge in [-0.3, -0.25) is 4.90 Å². The molecule has 0 saturated heterocycles. The molecular weight excluding hydrogens is 322 g/mol. The third-order valence-corrected chi connectivity index (χ3v) is 3.87. The van der Waals surface area contributed by atoms with E-state index in [9.17, 15) is 0 Å². The average molecular weight is 337 g/mol. The number of aromatic nitrogens is 2. The molecule has 0 unspecified atom stereocenters. The zero-order chi connectivity index (χ0) is 16.9. The Morgan fingerprint density at radius 1 is 1.25 bits per heavy atom. The summed E-state index contributed by atoms with van der Waals surface area (Å²) in [6.45, 7) is 0.521. The molecule has 0 fully saturated rings. The lowest BCUT2D eigenvalue weighted by atomic mass is 10.1. The van der Waals surface area contributed by atoms with Crippen molar-refractivity contribution in [2.75, 3.05) is 11.4 Å². The van der Waals surface area contributed by atoms with E-state index in [1.165, 1.54) is 0 Å². The van der Waals surface area contributed by atoms with Crippen LogP contribution in [0.15, 0.2) is 53.6 Å². The Hall–Kier alpha value is -3.09. The summed E-state index contributed by atoms with van der Waals surface area (Å²) in [6.07, 6.45) is 0.615. The van der Waals surface area contributed by atoms with Crippen LogP contribution in [0.3, 0.4) is 0 Å². The minimum atomic E-state index is 0.232. The van der Waals surface area contributed by atoms with Crippen LogP contribution in [-0.4, -0.2) is 21.6 Å². The quantitative estimate of drug-likeness (QED) is 0.319. The van der Waals surface area contributed by atoms with Crippen LogP contribution in [0.1, 0.15) is 5.56 Å². The Morgan fingerprint density at radius 2 is 2.00 bits per heavy atom. The average Bonchev–Trinajstić information content (AvgIpc) is 3.00. The summed E-state index contributed by atoms with van der Waals surface area (Å²) in [4.78, 5) is 12.3. The highest BCUT2D eigenvalue weighted by molar-refractivity contribution is 7.80. The van der Waals surface area contributed by atoms with Gasteiger partial charge in [0.25, 0.3) is 0 Å². The minimum absolute atomic E-state index is 0.232. The molecular formula is C16H15N7S. The Kier molecular flexibility index (Phi) is 4.60. The first-order chi connectivity index (χ1) is 11.7. The summed E-state index contributed by atoms with van der Waals surface area (Å²) in [5, 5.41) is 3.94. The zero-order valence-electron chi connectivity index (χ0n) is 12.8. The Morgan fingerprint density at radius 3 is 2.75 bits per heavy atom. The molecule has 0 amide bonds. The number of para-hydroxylation sites is 2. The summed E-state index contributed by atoms with van der Waals surface area (Å²) in [7, 11) is 0. The van der Waals surface area contributed by atoms with Crippen LogP contribution in [0.2, 0.25) is 0 Å². The molecule has 0 bridgehead atoms. The second-order valence-corrected chi connectivity index (χ2v) is 5.55. The number of thiocarbonyl (C=S) groups is 1. The van der Waals surface area contributed by atoms with Crippen molar-refractivity contribution in [1.82, 2.24) is 9.97 Å². The van der Waals surface area contributed by atoms with Crippen molar-refractivity contribution >= 4 is 40.0 Å². The first-order valence-corrected chi connectivity index (χ1v) is 7.74. The molecule has 3 N–H and O–H groups in total. The van der Waals surface area contributed by atoms with Crippen molar-refractivity contribution in [2.24, 2.45) is 10.8 Å². The summed E-state index contributed by atoms with van der Waals surface area (Å²) in [5.41, 5.74) is 17.8. The van der Waals surface area contributed by atoms with Gasteiger partial charge < -0.3 is 10.7 Å². The molecule has 1 aromatic heterocycles. The highest BCUT2D eigenvalue weighted by Gasteiger charge is 2.14. The van der Waals surface area contributed by atoms with Gasteiger partial charge in [-0.25, -0.2) is 4.98 Å². The van der Waals surface area contributed by atoms with E-state index in [-0.39, 0.29) is 5.11 Å². The first kappa shape index (κ1) is 15.8. The Bertz CT molecular complexity index is 894. The van der Waals surface area contributed by atoms with Crippen molar-refractivity contribution in [3.63, 3.8) is 0 Å². The number of imidazole rings is 1. The van der Waals surface area contributed by atoms with Crippen molar-refractivity contribution < 1.29 is 0 Å². The number of nitrogens with one attached hydrogen (secondary N) is 1. The third kappa shape index (κ3) is 3.29.